The van der Waals surface area contributed by atoms with Crippen LogP contribution in [0.4, 0.5) is 4.39 Å². The molecule has 0 atom stereocenters. The van der Waals surface area contributed by atoms with Crippen molar-refractivity contribution in [2.75, 3.05) is 20.1 Å². The van der Waals surface area contributed by atoms with Crippen molar-refractivity contribution in [2.24, 2.45) is 5.92 Å². The molecule has 0 heterocycles. The quantitative estimate of drug-likeness (QED) is 0.817. The van der Waals surface area contributed by atoms with Crippen LogP contribution in [0.1, 0.15) is 29.6 Å². The fourth-order valence-electron chi connectivity index (χ4n) is 2.24. The maximum atomic E-state index is 13.0. The average Bonchev–Trinajstić information content (AvgIpc) is 2.27. The molecular formula is C14H18FNO2. The lowest BCUT2D eigenvalue weighted by Crippen LogP contribution is -2.33. The first-order valence-electron chi connectivity index (χ1n) is 6.26. The fraction of sp³-hybridized carbons (Fsp3) is 0.500. The van der Waals surface area contributed by atoms with E-state index >= 15 is 0 Å². The summed E-state index contributed by atoms with van der Waals surface area (Å²) >= 11 is 0. The molecule has 1 aromatic rings. The number of Topliss-reactive ketones (excluding diaryl/α,β-unsaturated/α-hetero) is 1. The highest BCUT2D eigenvalue weighted by Gasteiger charge is 2.21. The molecule has 0 bridgehead atoms. The molecule has 0 saturated heterocycles. The van der Waals surface area contributed by atoms with E-state index in [1.165, 1.54) is 25.3 Å². The number of aromatic hydroxyl groups is 1. The number of nitrogens with zero attached hydrogens (tertiary/aromatic N) is 1. The Morgan fingerprint density at radius 1 is 1.50 bits per heavy atom. The van der Waals surface area contributed by atoms with Gasteiger partial charge in [0.05, 0.1) is 12.1 Å². The number of ketones is 1. The van der Waals surface area contributed by atoms with Crippen LogP contribution in [0.25, 0.3) is 0 Å². The van der Waals surface area contributed by atoms with E-state index in [-0.39, 0.29) is 23.6 Å². The maximum Gasteiger partial charge on any atom is 0.180 e. The van der Waals surface area contributed by atoms with Crippen molar-refractivity contribution in [3.63, 3.8) is 0 Å². The highest BCUT2D eigenvalue weighted by Crippen LogP contribution is 2.27. The summed E-state index contributed by atoms with van der Waals surface area (Å²) in [6.45, 7) is 1.11. The molecule has 1 aliphatic carbocycles. The average molecular weight is 251 g/mol. The number of carbonyl (C=O) groups is 1. The molecule has 1 aliphatic rings. The maximum absolute atomic E-state index is 13.0. The number of benzene rings is 1. The smallest absolute Gasteiger partial charge is 0.180 e. The number of hydrogen-bond acceptors (Lipinski definition) is 3. The van der Waals surface area contributed by atoms with E-state index in [1.807, 2.05) is 11.9 Å². The Morgan fingerprint density at radius 2 is 2.22 bits per heavy atom. The van der Waals surface area contributed by atoms with Crippen LogP contribution in [-0.4, -0.2) is 35.9 Å². The minimum absolute atomic E-state index is 0.0652. The van der Waals surface area contributed by atoms with E-state index in [4.69, 9.17) is 0 Å². The largest absolute Gasteiger partial charge is 0.507 e. The summed E-state index contributed by atoms with van der Waals surface area (Å²) in [5, 5.41) is 9.55. The molecule has 1 saturated carbocycles. The van der Waals surface area contributed by atoms with Gasteiger partial charge in [-0.15, -0.1) is 0 Å². The van der Waals surface area contributed by atoms with Crippen LogP contribution in [0.15, 0.2) is 18.2 Å². The van der Waals surface area contributed by atoms with Crippen molar-refractivity contribution >= 4 is 5.78 Å². The molecule has 1 N–H and O–H groups in total. The minimum Gasteiger partial charge on any atom is -0.507 e. The molecule has 0 unspecified atom stereocenters. The zero-order valence-corrected chi connectivity index (χ0v) is 10.5. The Hall–Kier alpha value is -1.42. The Morgan fingerprint density at radius 3 is 2.83 bits per heavy atom. The zero-order valence-electron chi connectivity index (χ0n) is 10.5. The first kappa shape index (κ1) is 13.0. The van der Waals surface area contributed by atoms with Gasteiger partial charge in [0.15, 0.2) is 5.78 Å². The lowest BCUT2D eigenvalue weighted by atomic mass is 9.85. The van der Waals surface area contributed by atoms with E-state index in [1.54, 1.807) is 0 Å². The molecule has 98 valence electrons. The number of phenolic OH excluding ortho intramolecular Hbond substituents is 1. The minimum atomic E-state index is -0.502. The monoisotopic (exact) mass is 251 g/mol. The van der Waals surface area contributed by atoms with Gasteiger partial charge in [0, 0.05) is 6.54 Å². The molecule has 18 heavy (non-hydrogen) atoms. The van der Waals surface area contributed by atoms with Crippen LogP contribution in [0.3, 0.4) is 0 Å². The second-order valence-electron chi connectivity index (χ2n) is 5.08. The van der Waals surface area contributed by atoms with E-state index in [0.717, 1.165) is 18.7 Å². The predicted octanol–water partition coefficient (Wildman–Crippen LogP) is 2.45. The van der Waals surface area contributed by atoms with Gasteiger partial charge in [-0.05, 0) is 44.0 Å². The summed E-state index contributed by atoms with van der Waals surface area (Å²) in [7, 11) is 1.88. The summed E-state index contributed by atoms with van der Waals surface area (Å²) in [6, 6.07) is 3.45. The van der Waals surface area contributed by atoms with Crippen molar-refractivity contribution in [3.05, 3.63) is 29.6 Å². The second kappa shape index (κ2) is 5.48. The van der Waals surface area contributed by atoms with Crippen molar-refractivity contribution in [2.45, 2.75) is 19.3 Å². The standard InChI is InChI=1S/C14H18FNO2/c1-16(8-10-3-2-4-10)9-14(18)12-7-11(15)5-6-13(12)17/h5-7,10,17H,2-4,8-9H2,1H3. The van der Waals surface area contributed by atoms with Gasteiger partial charge < -0.3 is 5.11 Å². The van der Waals surface area contributed by atoms with Crippen LogP contribution >= 0.6 is 0 Å². The third-order valence-electron chi connectivity index (χ3n) is 3.47. The molecular weight excluding hydrogens is 233 g/mol. The van der Waals surface area contributed by atoms with Crippen LogP contribution in [0, 0.1) is 11.7 Å². The van der Waals surface area contributed by atoms with Gasteiger partial charge in [-0.25, -0.2) is 4.39 Å². The van der Waals surface area contributed by atoms with E-state index in [2.05, 4.69) is 0 Å². The lowest BCUT2D eigenvalue weighted by Gasteiger charge is -2.29. The van der Waals surface area contributed by atoms with Gasteiger partial charge in [0.2, 0.25) is 0 Å². The first-order chi connectivity index (χ1) is 8.56. The molecule has 3 nitrogen and oxygen atoms in total. The van der Waals surface area contributed by atoms with Crippen LogP contribution in [-0.2, 0) is 0 Å². The summed E-state index contributed by atoms with van der Waals surface area (Å²) in [6.07, 6.45) is 3.73. The van der Waals surface area contributed by atoms with Gasteiger partial charge in [-0.1, -0.05) is 6.42 Å². The number of phenols is 1. The Bertz CT molecular complexity index is 443. The van der Waals surface area contributed by atoms with Crippen molar-refractivity contribution in [1.29, 1.82) is 0 Å². The fourth-order valence-corrected chi connectivity index (χ4v) is 2.24. The molecule has 1 fully saturated rings. The normalized spacial score (nSPS) is 15.7. The summed E-state index contributed by atoms with van der Waals surface area (Å²) in [5.41, 5.74) is 0.0652. The van der Waals surface area contributed by atoms with Crippen molar-refractivity contribution in [3.8, 4) is 5.75 Å². The highest BCUT2D eigenvalue weighted by atomic mass is 19.1. The second-order valence-corrected chi connectivity index (χ2v) is 5.08. The van der Waals surface area contributed by atoms with Gasteiger partial charge in [0.1, 0.15) is 11.6 Å². The molecule has 0 aromatic heterocycles. The highest BCUT2D eigenvalue weighted by molar-refractivity contribution is 5.99. The molecule has 0 spiro atoms. The third-order valence-corrected chi connectivity index (χ3v) is 3.47. The number of hydrogen-bond donors (Lipinski definition) is 1. The van der Waals surface area contributed by atoms with E-state index < -0.39 is 5.82 Å². The van der Waals surface area contributed by atoms with Gasteiger partial charge in [0.25, 0.3) is 0 Å². The number of rotatable bonds is 5. The van der Waals surface area contributed by atoms with Gasteiger partial charge in [-0.2, -0.15) is 0 Å². The van der Waals surface area contributed by atoms with E-state index in [0.29, 0.717) is 5.92 Å². The SMILES string of the molecule is CN(CC(=O)c1cc(F)ccc1O)CC1CCC1. The molecule has 4 heteroatoms. The summed E-state index contributed by atoms with van der Waals surface area (Å²) < 4.78 is 13.0. The van der Waals surface area contributed by atoms with Gasteiger partial charge in [-0.3, -0.25) is 9.69 Å². The first-order valence-corrected chi connectivity index (χ1v) is 6.26. The Labute approximate surface area is 106 Å². The zero-order chi connectivity index (χ0) is 13.1. The molecule has 1 aromatic carbocycles. The van der Waals surface area contributed by atoms with Crippen LogP contribution < -0.4 is 0 Å². The number of halogens is 1. The number of likely N-dealkylation sites (N-methyl/N-ethyl adjacent to an activating group) is 1. The Balaban J connectivity index is 1.95. The molecule has 0 aliphatic heterocycles. The van der Waals surface area contributed by atoms with Crippen LogP contribution in [0.2, 0.25) is 0 Å². The van der Waals surface area contributed by atoms with Crippen molar-refractivity contribution < 1.29 is 14.3 Å². The summed E-state index contributed by atoms with van der Waals surface area (Å²) in [5.74, 6) is -0.214. The van der Waals surface area contributed by atoms with Crippen molar-refractivity contribution in [1.82, 2.24) is 4.90 Å². The predicted molar refractivity (Wildman–Crippen MR) is 67.2 cm³/mol. The lowest BCUT2D eigenvalue weighted by molar-refractivity contribution is 0.0922. The van der Waals surface area contributed by atoms with Crippen LogP contribution in [0.5, 0.6) is 5.75 Å². The third kappa shape index (κ3) is 3.07. The molecule has 0 radical (unpaired) electrons. The molecule has 2 rings (SSSR count). The Kier molecular flexibility index (Phi) is 3.97. The van der Waals surface area contributed by atoms with E-state index in [9.17, 15) is 14.3 Å². The molecule has 0 amide bonds. The summed E-state index contributed by atoms with van der Waals surface area (Å²) in [4.78, 5) is 13.9. The number of carbonyl (C=O) groups excluding carboxylic acids is 1. The topological polar surface area (TPSA) is 40.5 Å². The van der Waals surface area contributed by atoms with Gasteiger partial charge >= 0.3 is 0 Å².